The van der Waals surface area contributed by atoms with Crippen LogP contribution in [0, 0.1) is 5.82 Å². The summed E-state index contributed by atoms with van der Waals surface area (Å²) >= 11 is 1.21. The minimum absolute atomic E-state index is 0.121. The standard InChI is InChI=1S/C14H16FN3O2S/c1-2-17-11(19)5-6-18-14(20)13-12(16)9-7-8(15)3-4-10(9)21-13/h3-4,7H,2,5-6,16H2,1H3,(H,17,19)(H,18,20). The quantitative estimate of drug-likeness (QED) is 0.788. The summed E-state index contributed by atoms with van der Waals surface area (Å²) in [5, 5.41) is 5.82. The molecule has 5 nitrogen and oxygen atoms in total. The molecule has 0 aliphatic rings. The number of fused-ring (bicyclic) bond motifs is 1. The second-order valence-electron chi connectivity index (χ2n) is 4.44. The Labute approximate surface area is 125 Å². The summed E-state index contributed by atoms with van der Waals surface area (Å²) in [7, 11) is 0. The molecule has 1 heterocycles. The van der Waals surface area contributed by atoms with E-state index >= 15 is 0 Å². The lowest BCUT2D eigenvalue weighted by molar-refractivity contribution is -0.120. The molecule has 0 aliphatic heterocycles. The molecule has 0 fully saturated rings. The Morgan fingerprint density at radius 3 is 2.81 bits per heavy atom. The molecule has 0 atom stereocenters. The van der Waals surface area contributed by atoms with Crippen LogP contribution in [0.2, 0.25) is 0 Å². The minimum Gasteiger partial charge on any atom is -0.397 e. The van der Waals surface area contributed by atoms with Gasteiger partial charge in [-0.1, -0.05) is 0 Å². The van der Waals surface area contributed by atoms with Gasteiger partial charge in [0.15, 0.2) is 0 Å². The molecule has 0 saturated heterocycles. The summed E-state index contributed by atoms with van der Waals surface area (Å²) in [6.07, 6.45) is 0.207. The molecule has 0 unspecified atom stereocenters. The minimum atomic E-state index is -0.393. The highest BCUT2D eigenvalue weighted by Gasteiger charge is 2.16. The van der Waals surface area contributed by atoms with E-state index in [-0.39, 0.29) is 30.5 Å². The van der Waals surface area contributed by atoms with Crippen LogP contribution in [0.25, 0.3) is 10.1 Å². The Bertz CT molecular complexity index is 684. The summed E-state index contributed by atoms with van der Waals surface area (Å²) in [6, 6.07) is 4.23. The first-order valence-electron chi connectivity index (χ1n) is 6.55. The fraction of sp³-hybridized carbons (Fsp3) is 0.286. The number of hydrogen-bond acceptors (Lipinski definition) is 4. The van der Waals surface area contributed by atoms with Crippen LogP contribution in [0.4, 0.5) is 10.1 Å². The van der Waals surface area contributed by atoms with Crippen LogP contribution in [0.15, 0.2) is 18.2 Å². The van der Waals surface area contributed by atoms with Crippen LogP contribution < -0.4 is 16.4 Å². The average molecular weight is 309 g/mol. The van der Waals surface area contributed by atoms with Crippen LogP contribution in [0.3, 0.4) is 0 Å². The largest absolute Gasteiger partial charge is 0.397 e. The summed E-state index contributed by atoms with van der Waals surface area (Å²) in [6.45, 7) is 2.61. The topological polar surface area (TPSA) is 84.2 Å². The van der Waals surface area contributed by atoms with E-state index in [0.29, 0.717) is 16.8 Å². The van der Waals surface area contributed by atoms with Gasteiger partial charge in [-0.05, 0) is 25.1 Å². The second kappa shape index (κ2) is 6.53. The molecule has 2 amide bonds. The van der Waals surface area contributed by atoms with Gasteiger partial charge < -0.3 is 16.4 Å². The van der Waals surface area contributed by atoms with Gasteiger partial charge in [-0.3, -0.25) is 9.59 Å². The normalized spacial score (nSPS) is 10.6. The zero-order valence-electron chi connectivity index (χ0n) is 11.5. The molecule has 0 radical (unpaired) electrons. The van der Waals surface area contributed by atoms with E-state index < -0.39 is 5.82 Å². The summed E-state index contributed by atoms with van der Waals surface area (Å²) in [4.78, 5) is 23.7. The highest BCUT2D eigenvalue weighted by molar-refractivity contribution is 7.21. The van der Waals surface area contributed by atoms with Crippen molar-refractivity contribution in [1.29, 1.82) is 0 Å². The van der Waals surface area contributed by atoms with Gasteiger partial charge in [0.2, 0.25) is 5.91 Å². The van der Waals surface area contributed by atoms with E-state index in [1.807, 2.05) is 6.92 Å². The predicted octanol–water partition coefficient (Wildman–Crippen LogP) is 1.88. The zero-order chi connectivity index (χ0) is 15.4. The van der Waals surface area contributed by atoms with E-state index in [9.17, 15) is 14.0 Å². The Hall–Kier alpha value is -2.15. The molecule has 0 bridgehead atoms. The molecule has 2 rings (SSSR count). The number of thiophene rings is 1. The maximum Gasteiger partial charge on any atom is 0.263 e. The van der Waals surface area contributed by atoms with Crippen molar-refractivity contribution in [2.75, 3.05) is 18.8 Å². The maximum atomic E-state index is 13.2. The summed E-state index contributed by atoms with van der Waals surface area (Å²) in [5.74, 6) is -0.863. The van der Waals surface area contributed by atoms with Gasteiger partial charge >= 0.3 is 0 Å². The number of nitrogens with one attached hydrogen (secondary N) is 2. The Balaban J connectivity index is 2.06. The third-order valence-corrected chi connectivity index (χ3v) is 4.09. The third kappa shape index (κ3) is 3.49. The SMILES string of the molecule is CCNC(=O)CCNC(=O)c1sc2ccc(F)cc2c1N. The Morgan fingerprint density at radius 1 is 1.33 bits per heavy atom. The first-order chi connectivity index (χ1) is 10.0. The highest BCUT2D eigenvalue weighted by Crippen LogP contribution is 2.33. The van der Waals surface area contributed by atoms with E-state index in [2.05, 4.69) is 10.6 Å². The predicted molar refractivity (Wildman–Crippen MR) is 81.8 cm³/mol. The number of halogens is 1. The molecule has 1 aromatic heterocycles. The molecule has 4 N–H and O–H groups in total. The van der Waals surface area contributed by atoms with E-state index in [1.165, 1.54) is 23.5 Å². The molecule has 112 valence electrons. The van der Waals surface area contributed by atoms with Crippen molar-refractivity contribution in [2.24, 2.45) is 0 Å². The van der Waals surface area contributed by atoms with Gasteiger partial charge in [0.1, 0.15) is 10.7 Å². The Kier molecular flexibility index (Phi) is 4.74. The number of nitrogens with two attached hydrogens (primary N) is 1. The number of anilines is 1. The lowest BCUT2D eigenvalue weighted by Crippen LogP contribution is -2.30. The fourth-order valence-corrected chi connectivity index (χ4v) is 2.93. The monoisotopic (exact) mass is 309 g/mol. The van der Waals surface area contributed by atoms with Gasteiger partial charge in [-0.25, -0.2) is 4.39 Å². The number of benzene rings is 1. The number of hydrogen-bond donors (Lipinski definition) is 3. The Morgan fingerprint density at radius 2 is 2.10 bits per heavy atom. The van der Waals surface area contributed by atoms with E-state index in [0.717, 1.165) is 4.70 Å². The number of carbonyl (C=O) groups is 2. The first-order valence-corrected chi connectivity index (χ1v) is 7.37. The van der Waals surface area contributed by atoms with Gasteiger partial charge in [-0.15, -0.1) is 11.3 Å². The van der Waals surface area contributed by atoms with Gasteiger partial charge in [0, 0.05) is 29.6 Å². The lowest BCUT2D eigenvalue weighted by Gasteiger charge is -2.04. The van der Waals surface area contributed by atoms with Crippen molar-refractivity contribution in [3.05, 3.63) is 28.9 Å². The zero-order valence-corrected chi connectivity index (χ0v) is 12.3. The fourth-order valence-electron chi connectivity index (χ4n) is 1.91. The number of rotatable bonds is 5. The summed E-state index contributed by atoms with van der Waals surface area (Å²) in [5.41, 5.74) is 6.16. The molecule has 21 heavy (non-hydrogen) atoms. The van der Waals surface area contributed by atoms with Crippen molar-refractivity contribution < 1.29 is 14.0 Å². The van der Waals surface area contributed by atoms with Crippen LogP contribution >= 0.6 is 11.3 Å². The number of carbonyl (C=O) groups excluding carboxylic acids is 2. The molecule has 0 aliphatic carbocycles. The van der Waals surface area contributed by atoms with Crippen molar-refractivity contribution >= 4 is 38.9 Å². The van der Waals surface area contributed by atoms with Crippen LogP contribution in [0.5, 0.6) is 0 Å². The molecular weight excluding hydrogens is 293 g/mol. The van der Waals surface area contributed by atoms with Gasteiger partial charge in [0.05, 0.1) is 5.69 Å². The third-order valence-electron chi connectivity index (χ3n) is 2.91. The van der Waals surface area contributed by atoms with Crippen molar-refractivity contribution in [1.82, 2.24) is 10.6 Å². The lowest BCUT2D eigenvalue weighted by atomic mass is 10.2. The van der Waals surface area contributed by atoms with Crippen molar-refractivity contribution in [2.45, 2.75) is 13.3 Å². The van der Waals surface area contributed by atoms with Crippen LogP contribution in [0.1, 0.15) is 23.0 Å². The van der Waals surface area contributed by atoms with Gasteiger partial charge in [-0.2, -0.15) is 0 Å². The molecule has 0 saturated carbocycles. The molecule has 0 spiro atoms. The maximum absolute atomic E-state index is 13.2. The number of nitrogen functional groups attached to an aromatic ring is 1. The van der Waals surface area contributed by atoms with Crippen LogP contribution in [-0.4, -0.2) is 24.9 Å². The first kappa shape index (κ1) is 15.2. The van der Waals surface area contributed by atoms with Crippen molar-refractivity contribution in [3.8, 4) is 0 Å². The summed E-state index contributed by atoms with van der Waals surface area (Å²) < 4.78 is 13.9. The second-order valence-corrected chi connectivity index (χ2v) is 5.50. The molecular formula is C14H16FN3O2S. The van der Waals surface area contributed by atoms with E-state index in [1.54, 1.807) is 6.07 Å². The average Bonchev–Trinajstić information content (AvgIpc) is 2.76. The smallest absolute Gasteiger partial charge is 0.263 e. The highest BCUT2D eigenvalue weighted by atomic mass is 32.1. The molecule has 1 aromatic carbocycles. The van der Waals surface area contributed by atoms with E-state index in [4.69, 9.17) is 5.73 Å². The number of amides is 2. The molecule has 2 aromatic rings. The molecule has 7 heteroatoms. The van der Waals surface area contributed by atoms with Gasteiger partial charge in [0.25, 0.3) is 5.91 Å². The van der Waals surface area contributed by atoms with Crippen molar-refractivity contribution in [3.63, 3.8) is 0 Å². The van der Waals surface area contributed by atoms with Crippen LogP contribution in [-0.2, 0) is 4.79 Å².